The van der Waals surface area contributed by atoms with E-state index < -0.39 is 10.0 Å². The number of aryl methyl sites for hydroxylation is 1. The Morgan fingerprint density at radius 3 is 2.67 bits per heavy atom. The second-order valence-electron chi connectivity index (χ2n) is 8.65. The molecule has 178 valence electrons. The molecule has 0 saturated carbocycles. The van der Waals surface area contributed by atoms with Crippen LogP contribution in [0, 0.1) is 6.92 Å². The summed E-state index contributed by atoms with van der Waals surface area (Å²) in [4.78, 5) is 9.21. The van der Waals surface area contributed by atoms with E-state index in [-0.39, 0.29) is 4.90 Å². The first-order valence-electron chi connectivity index (χ1n) is 11.4. The summed E-state index contributed by atoms with van der Waals surface area (Å²) < 4.78 is 33.5. The highest BCUT2D eigenvalue weighted by Gasteiger charge is 2.22. The van der Waals surface area contributed by atoms with Gasteiger partial charge < -0.3 is 9.73 Å². The van der Waals surface area contributed by atoms with Gasteiger partial charge in [0, 0.05) is 40.8 Å². The summed E-state index contributed by atoms with van der Waals surface area (Å²) in [7, 11) is -3.82. The van der Waals surface area contributed by atoms with Crippen molar-refractivity contribution in [3.8, 4) is 11.1 Å². The largest absolute Gasteiger partial charge is 0.472 e. The van der Waals surface area contributed by atoms with Gasteiger partial charge in [0.2, 0.25) is 0 Å². The molecule has 4 heterocycles. The fourth-order valence-electron chi connectivity index (χ4n) is 4.26. The van der Waals surface area contributed by atoms with E-state index in [4.69, 9.17) is 4.42 Å². The molecule has 0 saturated heterocycles. The van der Waals surface area contributed by atoms with Crippen molar-refractivity contribution in [3.05, 3.63) is 109 Å². The second kappa shape index (κ2) is 8.66. The first-order chi connectivity index (χ1) is 17.5. The monoisotopic (exact) mass is 494 g/mol. The average Bonchev–Trinajstić information content (AvgIpc) is 3.56. The number of hydrogen-bond donors (Lipinski definition) is 1. The fraction of sp³-hybridized carbons (Fsp3) is 0.0714. The van der Waals surface area contributed by atoms with Gasteiger partial charge in [0.05, 0.1) is 34.8 Å². The van der Waals surface area contributed by atoms with Crippen molar-refractivity contribution in [2.45, 2.75) is 18.4 Å². The van der Waals surface area contributed by atoms with Crippen LogP contribution >= 0.6 is 0 Å². The van der Waals surface area contributed by atoms with Gasteiger partial charge in [-0.1, -0.05) is 23.8 Å². The van der Waals surface area contributed by atoms with Gasteiger partial charge in [-0.25, -0.2) is 17.4 Å². The lowest BCUT2D eigenvalue weighted by atomic mass is 10.0. The summed E-state index contributed by atoms with van der Waals surface area (Å²) in [5.74, 6) is 0. The Balaban J connectivity index is 1.43. The van der Waals surface area contributed by atoms with E-state index >= 15 is 0 Å². The van der Waals surface area contributed by atoms with Crippen molar-refractivity contribution in [1.82, 2.24) is 13.9 Å². The molecule has 0 bridgehead atoms. The molecule has 0 atom stereocenters. The fourth-order valence-corrected chi connectivity index (χ4v) is 5.59. The van der Waals surface area contributed by atoms with Gasteiger partial charge in [-0.15, -0.1) is 0 Å². The van der Waals surface area contributed by atoms with Crippen LogP contribution in [-0.2, 0) is 16.6 Å². The van der Waals surface area contributed by atoms with Crippen molar-refractivity contribution < 1.29 is 12.8 Å². The zero-order chi connectivity index (χ0) is 24.7. The zero-order valence-electron chi connectivity index (χ0n) is 19.4. The summed E-state index contributed by atoms with van der Waals surface area (Å²) >= 11 is 0. The quantitative estimate of drug-likeness (QED) is 0.305. The maximum Gasteiger partial charge on any atom is 0.269 e. The summed E-state index contributed by atoms with van der Waals surface area (Å²) in [5.41, 5.74) is 5.82. The average molecular weight is 495 g/mol. The smallest absolute Gasteiger partial charge is 0.269 e. The van der Waals surface area contributed by atoms with E-state index in [9.17, 15) is 8.42 Å². The minimum atomic E-state index is -3.82. The van der Waals surface area contributed by atoms with Crippen LogP contribution in [0.5, 0.6) is 0 Å². The van der Waals surface area contributed by atoms with E-state index in [1.807, 2.05) is 49.4 Å². The molecule has 6 aromatic rings. The lowest BCUT2D eigenvalue weighted by Gasteiger charge is -2.08. The van der Waals surface area contributed by atoms with Crippen LogP contribution in [0.1, 0.15) is 11.1 Å². The lowest BCUT2D eigenvalue weighted by molar-refractivity contribution is 0.564. The van der Waals surface area contributed by atoms with Crippen molar-refractivity contribution in [1.29, 1.82) is 0 Å². The number of hydrogen-bond acceptors (Lipinski definition) is 6. The number of aromatic nitrogens is 3. The van der Waals surface area contributed by atoms with Gasteiger partial charge in [-0.2, -0.15) is 0 Å². The SMILES string of the molecule is Cc1ccc(S(=O)(=O)n2cc(-c3ccc4ncc(NCc5ccoc5)cc4c3)c3cccnc32)cc1. The maximum absolute atomic E-state index is 13.5. The topological polar surface area (TPSA) is 90.0 Å². The number of rotatable bonds is 6. The van der Waals surface area contributed by atoms with Crippen molar-refractivity contribution in [2.75, 3.05) is 5.32 Å². The van der Waals surface area contributed by atoms with Crippen LogP contribution in [0.15, 0.2) is 107 Å². The number of anilines is 1. The molecule has 0 amide bonds. The second-order valence-corrected chi connectivity index (χ2v) is 10.5. The summed E-state index contributed by atoms with van der Waals surface area (Å²) in [5, 5.41) is 5.06. The number of benzene rings is 2. The molecule has 0 aliphatic rings. The minimum Gasteiger partial charge on any atom is -0.472 e. The molecule has 8 heteroatoms. The Morgan fingerprint density at radius 2 is 1.86 bits per heavy atom. The van der Waals surface area contributed by atoms with Crippen LogP contribution in [-0.4, -0.2) is 22.4 Å². The normalized spacial score (nSPS) is 11.8. The third-order valence-corrected chi connectivity index (χ3v) is 7.84. The number of nitrogens with zero attached hydrogens (tertiary/aromatic N) is 3. The van der Waals surface area contributed by atoms with E-state index in [0.717, 1.165) is 44.2 Å². The Kier molecular flexibility index (Phi) is 5.30. The Morgan fingerprint density at radius 1 is 1.00 bits per heavy atom. The van der Waals surface area contributed by atoms with Crippen LogP contribution in [0.3, 0.4) is 0 Å². The van der Waals surface area contributed by atoms with Gasteiger partial charge >= 0.3 is 0 Å². The molecule has 4 aromatic heterocycles. The maximum atomic E-state index is 13.5. The summed E-state index contributed by atoms with van der Waals surface area (Å²) in [6.07, 6.45) is 8.41. The first-order valence-corrected chi connectivity index (χ1v) is 12.9. The molecule has 7 nitrogen and oxygen atoms in total. The highest BCUT2D eigenvalue weighted by Crippen LogP contribution is 2.34. The highest BCUT2D eigenvalue weighted by molar-refractivity contribution is 7.90. The standard InChI is InChI=1S/C28H22N4O3S/c1-19-4-7-24(8-5-19)36(33,34)32-17-26(25-3-2-11-29-28(25)32)21-6-9-27-22(13-21)14-23(16-31-27)30-15-20-10-12-35-18-20/h2-14,16-18,30H,15H2,1H3. The van der Waals surface area contributed by atoms with Gasteiger partial charge in [-0.05, 0) is 61.0 Å². The van der Waals surface area contributed by atoms with Gasteiger partial charge in [-0.3, -0.25) is 4.98 Å². The molecular weight excluding hydrogens is 472 g/mol. The van der Waals surface area contributed by atoms with Crippen molar-refractivity contribution in [3.63, 3.8) is 0 Å². The first kappa shape index (κ1) is 22.1. The highest BCUT2D eigenvalue weighted by atomic mass is 32.2. The van der Waals surface area contributed by atoms with E-state index in [1.165, 1.54) is 3.97 Å². The van der Waals surface area contributed by atoms with E-state index in [2.05, 4.69) is 15.3 Å². The molecule has 6 rings (SSSR count). The molecule has 0 unspecified atom stereocenters. The third kappa shape index (κ3) is 3.91. The molecule has 0 radical (unpaired) electrons. The summed E-state index contributed by atoms with van der Waals surface area (Å²) in [6.45, 7) is 2.55. The molecular formula is C28H22N4O3S. The molecule has 36 heavy (non-hydrogen) atoms. The molecule has 0 fully saturated rings. The molecule has 1 N–H and O–H groups in total. The molecule has 2 aromatic carbocycles. The minimum absolute atomic E-state index is 0.221. The number of fused-ring (bicyclic) bond motifs is 2. The van der Waals surface area contributed by atoms with Gasteiger partial charge in [0.1, 0.15) is 0 Å². The Hall–Kier alpha value is -4.43. The van der Waals surface area contributed by atoms with E-state index in [1.54, 1.807) is 55.4 Å². The van der Waals surface area contributed by atoms with Crippen LogP contribution < -0.4 is 5.32 Å². The number of nitrogens with one attached hydrogen (secondary N) is 1. The van der Waals surface area contributed by atoms with E-state index in [0.29, 0.717) is 12.2 Å². The van der Waals surface area contributed by atoms with Gasteiger partial charge in [0.15, 0.2) is 5.65 Å². The lowest BCUT2D eigenvalue weighted by Crippen LogP contribution is -2.12. The summed E-state index contributed by atoms with van der Waals surface area (Å²) in [6, 6.07) is 20.4. The zero-order valence-corrected chi connectivity index (χ0v) is 20.2. The number of furan rings is 1. The Bertz CT molecular complexity index is 1810. The molecule has 0 spiro atoms. The predicted molar refractivity (Wildman–Crippen MR) is 140 cm³/mol. The van der Waals surface area contributed by atoms with Crippen LogP contribution in [0.4, 0.5) is 5.69 Å². The van der Waals surface area contributed by atoms with Crippen molar-refractivity contribution >= 4 is 37.6 Å². The Labute approximate surface area is 208 Å². The number of pyridine rings is 2. The van der Waals surface area contributed by atoms with Crippen LogP contribution in [0.2, 0.25) is 0 Å². The van der Waals surface area contributed by atoms with Gasteiger partial charge in [0.25, 0.3) is 10.0 Å². The molecule has 0 aliphatic carbocycles. The molecule has 0 aliphatic heterocycles. The van der Waals surface area contributed by atoms with Crippen molar-refractivity contribution in [2.24, 2.45) is 0 Å². The van der Waals surface area contributed by atoms with Crippen LogP contribution in [0.25, 0.3) is 33.1 Å². The predicted octanol–water partition coefficient (Wildman–Crippen LogP) is 6.00. The third-order valence-electron chi connectivity index (χ3n) is 6.18.